The van der Waals surface area contributed by atoms with Crippen LogP contribution in [0, 0.1) is 5.92 Å². The van der Waals surface area contributed by atoms with Crippen LogP contribution in [0.5, 0.6) is 0 Å². The molecule has 1 amide bonds. The molecule has 1 fully saturated rings. The number of amides is 1. The minimum atomic E-state index is -0.704. The molecule has 0 radical (unpaired) electrons. The van der Waals surface area contributed by atoms with E-state index in [1.54, 1.807) is 12.1 Å². The van der Waals surface area contributed by atoms with Gasteiger partial charge in [-0.3, -0.25) is 4.79 Å². The number of hydrogen-bond donors (Lipinski definition) is 1. The molecule has 2 atom stereocenters. The fourth-order valence-electron chi connectivity index (χ4n) is 2.22. The molecule has 6 heteroatoms. The number of nitrogens with one attached hydrogen (secondary N) is 1. The van der Waals surface area contributed by atoms with E-state index >= 15 is 0 Å². The molecule has 0 bridgehead atoms. The highest BCUT2D eigenvalue weighted by molar-refractivity contribution is 6.30. The highest BCUT2D eigenvalue weighted by atomic mass is 35.5. The van der Waals surface area contributed by atoms with Crippen molar-refractivity contribution in [2.75, 3.05) is 20.3 Å². The molecule has 114 valence electrons. The minimum absolute atomic E-state index is 0.170. The summed E-state index contributed by atoms with van der Waals surface area (Å²) in [6.07, 6.45) is 1.05. The Bertz CT molecular complexity index is 497. The average molecular weight is 312 g/mol. The predicted molar refractivity (Wildman–Crippen MR) is 78.0 cm³/mol. The first kappa shape index (κ1) is 15.8. The van der Waals surface area contributed by atoms with Crippen LogP contribution in [0.2, 0.25) is 5.02 Å². The molecular formula is C15H18ClNO4. The van der Waals surface area contributed by atoms with Crippen LogP contribution in [0.4, 0.5) is 0 Å². The summed E-state index contributed by atoms with van der Waals surface area (Å²) in [4.78, 5) is 23.9. The molecule has 0 aromatic heterocycles. The van der Waals surface area contributed by atoms with Crippen LogP contribution in [0.25, 0.3) is 0 Å². The molecule has 0 spiro atoms. The molecule has 1 aromatic rings. The van der Waals surface area contributed by atoms with Gasteiger partial charge in [-0.25, -0.2) is 4.79 Å². The Hall–Kier alpha value is -1.59. The van der Waals surface area contributed by atoms with E-state index in [1.807, 2.05) is 12.1 Å². The van der Waals surface area contributed by atoms with Gasteiger partial charge in [0.05, 0.1) is 19.6 Å². The Morgan fingerprint density at radius 3 is 2.71 bits per heavy atom. The first-order valence-electron chi connectivity index (χ1n) is 6.80. The number of halogens is 1. The molecular weight excluding hydrogens is 294 g/mol. The molecule has 1 aliphatic rings. The van der Waals surface area contributed by atoms with Crippen LogP contribution in [0.3, 0.4) is 0 Å². The lowest BCUT2D eigenvalue weighted by Gasteiger charge is -2.18. The van der Waals surface area contributed by atoms with Gasteiger partial charge in [-0.05, 0) is 24.1 Å². The summed E-state index contributed by atoms with van der Waals surface area (Å²) in [5.74, 6) is -0.823. The maximum absolute atomic E-state index is 12.1. The molecule has 5 nitrogen and oxygen atoms in total. The molecule has 1 aromatic carbocycles. The molecule has 2 rings (SSSR count). The van der Waals surface area contributed by atoms with Crippen molar-refractivity contribution in [2.24, 2.45) is 5.92 Å². The van der Waals surface area contributed by atoms with Gasteiger partial charge in [0.15, 0.2) is 0 Å². The van der Waals surface area contributed by atoms with Crippen molar-refractivity contribution in [3.05, 3.63) is 34.9 Å². The summed E-state index contributed by atoms with van der Waals surface area (Å²) in [6.45, 7) is 0.985. The Morgan fingerprint density at radius 1 is 1.43 bits per heavy atom. The van der Waals surface area contributed by atoms with Gasteiger partial charge in [0, 0.05) is 18.1 Å². The first-order chi connectivity index (χ1) is 10.1. The molecule has 0 unspecified atom stereocenters. The van der Waals surface area contributed by atoms with Gasteiger partial charge in [-0.1, -0.05) is 23.7 Å². The van der Waals surface area contributed by atoms with Crippen molar-refractivity contribution in [1.82, 2.24) is 5.32 Å². The van der Waals surface area contributed by atoms with Crippen LogP contribution in [-0.4, -0.2) is 38.2 Å². The topological polar surface area (TPSA) is 64.6 Å². The zero-order valence-electron chi connectivity index (χ0n) is 11.8. The van der Waals surface area contributed by atoms with Crippen LogP contribution < -0.4 is 5.32 Å². The van der Waals surface area contributed by atoms with E-state index in [0.29, 0.717) is 31.1 Å². The monoisotopic (exact) mass is 311 g/mol. The smallest absolute Gasteiger partial charge is 0.328 e. The fourth-order valence-corrected chi connectivity index (χ4v) is 2.35. The number of carbonyl (C=O) groups is 2. The molecule has 0 aliphatic carbocycles. The number of rotatable bonds is 5. The quantitative estimate of drug-likeness (QED) is 0.839. The molecule has 1 aliphatic heterocycles. The number of esters is 1. The SMILES string of the molecule is COC(=O)[C@H](Cc1ccc(Cl)cc1)NC(=O)[C@H]1CCOC1. The molecule has 21 heavy (non-hydrogen) atoms. The van der Waals surface area contributed by atoms with Crippen molar-refractivity contribution in [3.8, 4) is 0 Å². The van der Waals surface area contributed by atoms with Crippen molar-refractivity contribution >= 4 is 23.5 Å². The maximum atomic E-state index is 12.1. The molecule has 1 saturated heterocycles. The van der Waals surface area contributed by atoms with Gasteiger partial charge < -0.3 is 14.8 Å². The van der Waals surface area contributed by atoms with E-state index in [0.717, 1.165) is 5.56 Å². The lowest BCUT2D eigenvalue weighted by atomic mass is 10.0. The molecule has 1 N–H and O–H groups in total. The number of hydrogen-bond acceptors (Lipinski definition) is 4. The number of ether oxygens (including phenoxy) is 2. The van der Waals surface area contributed by atoms with Crippen molar-refractivity contribution in [3.63, 3.8) is 0 Å². The van der Waals surface area contributed by atoms with Gasteiger partial charge >= 0.3 is 5.97 Å². The highest BCUT2D eigenvalue weighted by Crippen LogP contribution is 2.14. The van der Waals surface area contributed by atoms with E-state index in [9.17, 15) is 9.59 Å². The van der Waals surface area contributed by atoms with E-state index in [2.05, 4.69) is 5.32 Å². The molecule has 0 saturated carbocycles. The maximum Gasteiger partial charge on any atom is 0.328 e. The standard InChI is InChI=1S/C15H18ClNO4/c1-20-15(19)13(8-10-2-4-12(16)5-3-10)17-14(18)11-6-7-21-9-11/h2-5,11,13H,6-9H2,1H3,(H,17,18)/t11-,13-/m0/s1. The Morgan fingerprint density at radius 2 is 2.14 bits per heavy atom. The Labute approximate surface area is 128 Å². The zero-order valence-corrected chi connectivity index (χ0v) is 12.6. The zero-order chi connectivity index (χ0) is 15.2. The summed E-state index contributed by atoms with van der Waals surface area (Å²) >= 11 is 5.83. The minimum Gasteiger partial charge on any atom is -0.467 e. The lowest BCUT2D eigenvalue weighted by molar-refractivity contribution is -0.145. The van der Waals surface area contributed by atoms with Crippen LogP contribution >= 0.6 is 11.6 Å². The lowest BCUT2D eigenvalue weighted by Crippen LogP contribution is -2.45. The van der Waals surface area contributed by atoms with E-state index < -0.39 is 12.0 Å². The third-order valence-electron chi connectivity index (χ3n) is 3.46. The van der Waals surface area contributed by atoms with Crippen LogP contribution in [0.15, 0.2) is 24.3 Å². The van der Waals surface area contributed by atoms with Crippen LogP contribution in [0.1, 0.15) is 12.0 Å². The van der Waals surface area contributed by atoms with Gasteiger partial charge in [0.2, 0.25) is 5.91 Å². The van der Waals surface area contributed by atoms with Gasteiger partial charge in [-0.2, -0.15) is 0 Å². The van der Waals surface area contributed by atoms with E-state index in [-0.39, 0.29) is 11.8 Å². The normalized spacial score (nSPS) is 19.0. The van der Waals surface area contributed by atoms with Crippen molar-refractivity contribution in [2.45, 2.75) is 18.9 Å². The third-order valence-corrected chi connectivity index (χ3v) is 3.71. The summed E-state index contributed by atoms with van der Waals surface area (Å²) in [5.41, 5.74) is 0.901. The third kappa shape index (κ3) is 4.44. The second-order valence-corrected chi connectivity index (χ2v) is 5.41. The van der Waals surface area contributed by atoms with Crippen molar-refractivity contribution in [1.29, 1.82) is 0 Å². The summed E-state index contributed by atoms with van der Waals surface area (Å²) in [6, 6.07) is 6.44. The first-order valence-corrected chi connectivity index (χ1v) is 7.18. The summed E-state index contributed by atoms with van der Waals surface area (Å²) < 4.78 is 9.95. The Kier molecular flexibility index (Phi) is 5.59. The van der Waals surface area contributed by atoms with Gasteiger partial charge in [0.25, 0.3) is 0 Å². The number of carbonyl (C=O) groups excluding carboxylic acids is 2. The molecule has 1 heterocycles. The fraction of sp³-hybridized carbons (Fsp3) is 0.467. The summed E-state index contributed by atoms with van der Waals surface area (Å²) in [5, 5.41) is 3.37. The van der Waals surface area contributed by atoms with Crippen molar-refractivity contribution < 1.29 is 19.1 Å². The second-order valence-electron chi connectivity index (χ2n) is 4.98. The van der Waals surface area contributed by atoms with E-state index in [1.165, 1.54) is 7.11 Å². The second kappa shape index (κ2) is 7.43. The summed E-state index contributed by atoms with van der Waals surface area (Å²) in [7, 11) is 1.31. The average Bonchev–Trinajstić information content (AvgIpc) is 3.02. The highest BCUT2D eigenvalue weighted by Gasteiger charge is 2.28. The van der Waals surface area contributed by atoms with Gasteiger partial charge in [-0.15, -0.1) is 0 Å². The number of benzene rings is 1. The van der Waals surface area contributed by atoms with Crippen LogP contribution in [-0.2, 0) is 25.5 Å². The largest absolute Gasteiger partial charge is 0.467 e. The van der Waals surface area contributed by atoms with E-state index in [4.69, 9.17) is 21.1 Å². The van der Waals surface area contributed by atoms with Gasteiger partial charge in [0.1, 0.15) is 6.04 Å². The Balaban J connectivity index is 2.01. The predicted octanol–water partition coefficient (Wildman–Crippen LogP) is 1.58. The number of methoxy groups -OCH3 is 1.